The summed E-state index contributed by atoms with van der Waals surface area (Å²) >= 11 is 0. The summed E-state index contributed by atoms with van der Waals surface area (Å²) in [5, 5.41) is 0. The van der Waals surface area contributed by atoms with Crippen molar-refractivity contribution in [2.24, 2.45) is 0 Å². The third kappa shape index (κ3) is 9.81. The van der Waals surface area contributed by atoms with Crippen molar-refractivity contribution < 1.29 is 103 Å². The summed E-state index contributed by atoms with van der Waals surface area (Å²) < 4.78 is 218. The molecule has 0 bridgehead atoms. The zero-order valence-electron chi connectivity index (χ0n) is 12.6. The fraction of sp³-hybridized carbons (Fsp3) is 1.00. The number of hydrogen-bond acceptors (Lipinski definition) is 8. The van der Waals surface area contributed by atoms with Crippen molar-refractivity contribution in [2.45, 2.75) is 22.0 Å². The average molecular weight is 619 g/mol. The Morgan fingerprint density at radius 1 is 0.355 bits per heavy atom. The van der Waals surface area contributed by atoms with E-state index in [2.05, 4.69) is 0 Å². The van der Waals surface area contributed by atoms with Gasteiger partial charge in [0.1, 0.15) is 0 Å². The first-order valence-electron chi connectivity index (χ1n) is 5.15. The van der Waals surface area contributed by atoms with E-state index in [0.29, 0.717) is 0 Å². The van der Waals surface area contributed by atoms with Crippen LogP contribution in [0.4, 0.5) is 52.7 Å². The van der Waals surface area contributed by atoms with Crippen molar-refractivity contribution in [2.75, 3.05) is 0 Å². The smallest absolute Gasteiger partial charge is 0.421 e. The number of halogens is 12. The summed E-state index contributed by atoms with van der Waals surface area (Å²) in [6.07, 6.45) is 0. The Balaban J connectivity index is -0.000000490. The molecule has 31 heavy (non-hydrogen) atoms. The molecule has 10 nitrogen and oxygen atoms in total. The minimum absolute atomic E-state index is 0. The molecule has 0 rings (SSSR count). The van der Waals surface area contributed by atoms with Gasteiger partial charge >= 0.3 is 38.5 Å². The van der Waals surface area contributed by atoms with Gasteiger partial charge in [-0.3, -0.25) is 0 Å². The largest absolute Gasteiger partial charge is 2.00 e. The standard InChI is InChI=1S/2C2F6NO4S2.Ni/c2*3-1(4,5)14(10,11)9-15(12,13)2(6,7)8;/q2*-1;+2. The third-order valence-electron chi connectivity index (χ3n) is 1.56. The SMILES string of the molecule is O=S(=O)([N-]S(=O)(=O)C(F)(F)F)C(F)(F)F.O=S(=O)([N-]S(=O)(=O)C(F)(F)F)C(F)(F)F.[Ni+2]. The molecular formula is C4F12N2NiO8S4. The minimum Gasteiger partial charge on any atom is -0.421 e. The van der Waals surface area contributed by atoms with E-state index in [1.807, 2.05) is 0 Å². The van der Waals surface area contributed by atoms with E-state index in [-0.39, 0.29) is 16.5 Å². The van der Waals surface area contributed by atoms with Crippen molar-refractivity contribution in [1.29, 1.82) is 0 Å². The van der Waals surface area contributed by atoms with Crippen molar-refractivity contribution in [3.63, 3.8) is 0 Å². The molecule has 0 N–H and O–H groups in total. The summed E-state index contributed by atoms with van der Waals surface area (Å²) in [6.45, 7) is 0. The third-order valence-corrected chi connectivity index (χ3v) is 7.04. The second-order valence-electron chi connectivity index (χ2n) is 3.83. The molecule has 0 spiro atoms. The van der Waals surface area contributed by atoms with E-state index < -0.39 is 62.1 Å². The van der Waals surface area contributed by atoms with E-state index >= 15 is 0 Å². The van der Waals surface area contributed by atoms with Crippen LogP contribution in [0, 0.1) is 0 Å². The molecule has 27 heteroatoms. The molecule has 0 saturated carbocycles. The number of rotatable bonds is 4. The minimum atomic E-state index is -6.72. The van der Waals surface area contributed by atoms with Crippen LogP contribution >= 0.6 is 0 Å². The van der Waals surface area contributed by atoms with E-state index in [1.165, 1.54) is 0 Å². The molecule has 0 aromatic heterocycles. The second-order valence-corrected chi connectivity index (χ2v) is 10.7. The van der Waals surface area contributed by atoms with Gasteiger partial charge in [0, 0.05) is 0 Å². The molecule has 0 heterocycles. The first-order valence-corrected chi connectivity index (χ1v) is 10.9. The molecule has 0 radical (unpaired) electrons. The summed E-state index contributed by atoms with van der Waals surface area (Å²) in [5.74, 6) is 0. The zero-order chi connectivity index (χ0) is 25.4. The van der Waals surface area contributed by atoms with Crippen LogP contribution in [0.15, 0.2) is 0 Å². The van der Waals surface area contributed by atoms with Gasteiger partial charge in [-0.05, 0) is 0 Å². The molecule has 0 unspecified atom stereocenters. The molecule has 192 valence electrons. The van der Waals surface area contributed by atoms with Crippen LogP contribution in [0.25, 0.3) is 8.25 Å². The van der Waals surface area contributed by atoms with Gasteiger partial charge in [0.2, 0.25) is 0 Å². The van der Waals surface area contributed by atoms with Gasteiger partial charge < -0.3 is 8.25 Å². The maximum Gasteiger partial charge on any atom is 2.00 e. The van der Waals surface area contributed by atoms with Gasteiger partial charge in [0.25, 0.3) is 0 Å². The maximum absolute atomic E-state index is 11.4. The molecule has 0 atom stereocenters. The predicted octanol–water partition coefficient (Wildman–Crippen LogP) is 2.12. The van der Waals surface area contributed by atoms with Crippen molar-refractivity contribution in [3.8, 4) is 0 Å². The van der Waals surface area contributed by atoms with Gasteiger partial charge in [0.05, 0.1) is 0 Å². The van der Waals surface area contributed by atoms with Gasteiger partial charge in [-0.15, -0.1) is 0 Å². The summed E-state index contributed by atoms with van der Waals surface area (Å²) in [6, 6.07) is 0. The molecular weight excluding hydrogens is 619 g/mol. The quantitative estimate of drug-likeness (QED) is 0.341. The van der Waals surface area contributed by atoms with Crippen LogP contribution in [0.3, 0.4) is 0 Å². The molecule has 0 aliphatic rings. The molecule has 0 amide bonds. The van der Waals surface area contributed by atoms with Gasteiger partial charge in [-0.25, -0.2) is 33.7 Å². The van der Waals surface area contributed by atoms with E-state index in [1.54, 1.807) is 0 Å². The van der Waals surface area contributed by atoms with Gasteiger partial charge in [-0.2, -0.15) is 52.7 Å². The normalized spacial score (nSPS) is 14.8. The number of nitrogens with zero attached hydrogens (tertiary/aromatic N) is 2. The van der Waals surface area contributed by atoms with Crippen molar-refractivity contribution in [3.05, 3.63) is 8.25 Å². The molecule has 0 aromatic rings. The van der Waals surface area contributed by atoms with Crippen LogP contribution in [0.2, 0.25) is 0 Å². The van der Waals surface area contributed by atoms with E-state index in [0.717, 1.165) is 8.25 Å². The monoisotopic (exact) mass is 618 g/mol. The molecule has 0 saturated heterocycles. The van der Waals surface area contributed by atoms with Crippen LogP contribution in [0.5, 0.6) is 0 Å². The average Bonchev–Trinajstić information content (AvgIpc) is 2.30. The summed E-state index contributed by atoms with van der Waals surface area (Å²) in [7, 11) is -26.9. The molecule has 0 fully saturated rings. The summed E-state index contributed by atoms with van der Waals surface area (Å²) in [5.41, 5.74) is -24.8. The van der Waals surface area contributed by atoms with Crippen LogP contribution in [-0.2, 0) is 56.6 Å². The number of hydrogen-bond donors (Lipinski definition) is 0. The Bertz CT molecular complexity index is 862. The van der Waals surface area contributed by atoms with Crippen LogP contribution < -0.4 is 0 Å². The number of sulfonamides is 4. The van der Waals surface area contributed by atoms with E-state index in [4.69, 9.17) is 0 Å². The fourth-order valence-electron chi connectivity index (χ4n) is 0.427. The second kappa shape index (κ2) is 9.70. The van der Waals surface area contributed by atoms with Gasteiger partial charge in [-0.1, -0.05) is 0 Å². The van der Waals surface area contributed by atoms with Crippen molar-refractivity contribution >= 4 is 40.1 Å². The fourth-order valence-corrected chi connectivity index (χ4v) is 3.85. The molecule has 0 aromatic carbocycles. The molecule has 0 aliphatic carbocycles. The first-order chi connectivity index (χ1) is 12.4. The zero-order valence-corrected chi connectivity index (χ0v) is 16.9. The predicted molar refractivity (Wildman–Crippen MR) is 66.6 cm³/mol. The Labute approximate surface area is 173 Å². The number of alkyl halides is 12. The Morgan fingerprint density at radius 2 is 0.452 bits per heavy atom. The van der Waals surface area contributed by atoms with Crippen LogP contribution in [-0.4, -0.2) is 55.7 Å². The molecule has 0 aliphatic heterocycles. The Morgan fingerprint density at radius 3 is 0.516 bits per heavy atom. The topological polar surface area (TPSA) is 165 Å². The van der Waals surface area contributed by atoms with Gasteiger partial charge in [0.15, 0.2) is 40.1 Å². The Hall–Kier alpha value is -0.626. The maximum atomic E-state index is 11.4. The first kappa shape index (κ1) is 35.0. The summed E-state index contributed by atoms with van der Waals surface area (Å²) in [4.78, 5) is 0. The van der Waals surface area contributed by atoms with E-state index in [9.17, 15) is 86.4 Å². The van der Waals surface area contributed by atoms with Crippen LogP contribution in [0.1, 0.15) is 0 Å². The Kier molecular flexibility index (Phi) is 10.9. The van der Waals surface area contributed by atoms with Crippen molar-refractivity contribution in [1.82, 2.24) is 0 Å².